The van der Waals surface area contributed by atoms with Gasteiger partial charge in [0.25, 0.3) is 6.04 Å². The molecular formula is C25H30ClN2O10+. The summed E-state index contributed by atoms with van der Waals surface area (Å²) in [6.07, 6.45) is -1.11. The number of fused-ring (bicyclic) bond motifs is 4. The lowest BCUT2D eigenvalue weighted by molar-refractivity contribution is -1.92. The molecule has 3 unspecified atom stereocenters. The highest BCUT2D eigenvalue weighted by Gasteiger charge is 2.56. The average molecular weight is 554 g/mol. The van der Waals surface area contributed by atoms with E-state index in [9.17, 15) is 28.4 Å². The predicted octanol–water partition coefficient (Wildman–Crippen LogP) is -1.50. The molecule has 0 amide bonds. The molecular weight excluding hydrogens is 524 g/mol. The minimum Gasteiger partial charge on any atom is -0.465 e. The smallest absolute Gasteiger partial charge is 0.375 e. The molecule has 2 aliphatic rings. The molecule has 0 saturated heterocycles. The maximum atomic E-state index is 12.8. The summed E-state index contributed by atoms with van der Waals surface area (Å²) < 4.78 is 57.7. The Morgan fingerprint density at radius 1 is 1.11 bits per heavy atom. The van der Waals surface area contributed by atoms with Crippen molar-refractivity contribution in [1.29, 1.82) is 0 Å². The normalized spacial score (nSPS) is 21.2. The van der Waals surface area contributed by atoms with Gasteiger partial charge in [-0.3, -0.25) is 9.59 Å². The van der Waals surface area contributed by atoms with Crippen LogP contribution in [0.15, 0.2) is 24.3 Å². The number of carbonyl (C=O) groups is 3. The van der Waals surface area contributed by atoms with Crippen molar-refractivity contribution in [3.05, 3.63) is 35.5 Å². The highest BCUT2D eigenvalue weighted by atomic mass is 35.7. The van der Waals surface area contributed by atoms with Crippen LogP contribution in [0.2, 0.25) is 0 Å². The van der Waals surface area contributed by atoms with Gasteiger partial charge in [-0.25, -0.2) is 9.37 Å². The third-order valence-corrected chi connectivity index (χ3v) is 7.36. The van der Waals surface area contributed by atoms with Gasteiger partial charge in [-0.15, -0.1) is 0 Å². The number of H-pyrrole nitrogens is 1. The molecule has 13 heteroatoms. The number of aromatic nitrogens is 1. The zero-order chi connectivity index (χ0) is 27.6. The number of hydrogen-bond donors (Lipinski definition) is 1. The summed E-state index contributed by atoms with van der Waals surface area (Å²) in [5.74, 6) is -4.31. The van der Waals surface area contributed by atoms with Gasteiger partial charge in [0.05, 0.1) is 34.9 Å². The van der Waals surface area contributed by atoms with Crippen LogP contribution in [0.5, 0.6) is 0 Å². The van der Waals surface area contributed by atoms with Gasteiger partial charge in [-0.1, -0.05) is 18.2 Å². The zero-order valence-electron chi connectivity index (χ0n) is 21.3. The van der Waals surface area contributed by atoms with E-state index in [0.717, 1.165) is 16.5 Å². The van der Waals surface area contributed by atoms with E-state index in [0.29, 0.717) is 5.69 Å². The molecule has 0 bridgehead atoms. The zero-order valence-corrected chi connectivity index (χ0v) is 22.0. The van der Waals surface area contributed by atoms with Crippen LogP contribution in [-0.4, -0.2) is 72.2 Å². The summed E-state index contributed by atoms with van der Waals surface area (Å²) in [6.45, 7) is 3.49. The number of benzene rings is 1. The quantitative estimate of drug-likeness (QED) is 0.166. The van der Waals surface area contributed by atoms with Crippen molar-refractivity contribution in [1.82, 2.24) is 4.98 Å². The van der Waals surface area contributed by atoms with Gasteiger partial charge in [0, 0.05) is 29.7 Å². The van der Waals surface area contributed by atoms with Gasteiger partial charge < -0.3 is 19.2 Å². The van der Waals surface area contributed by atoms with Gasteiger partial charge in [0.1, 0.15) is 12.2 Å². The second-order valence-electron chi connectivity index (χ2n) is 9.07. The summed E-state index contributed by atoms with van der Waals surface area (Å²) in [4.78, 5) is 41.5. The molecule has 3 atom stereocenters. The number of hydrogen-bond acceptors (Lipinski definition) is 10. The Hall–Kier alpha value is -3.03. The van der Waals surface area contributed by atoms with Gasteiger partial charge in [-0.2, -0.15) is 14.0 Å². The second kappa shape index (κ2) is 11.4. The average Bonchev–Trinajstić information content (AvgIpc) is 3.24. The highest BCUT2D eigenvalue weighted by Crippen LogP contribution is 2.37. The molecule has 2 aromatic rings. The van der Waals surface area contributed by atoms with Crippen LogP contribution in [0.3, 0.4) is 0 Å². The molecule has 0 saturated carbocycles. The Bertz CT molecular complexity index is 1230. The monoisotopic (exact) mass is 553 g/mol. The van der Waals surface area contributed by atoms with E-state index in [-0.39, 0.29) is 44.7 Å². The van der Waals surface area contributed by atoms with E-state index in [1.165, 1.54) is 7.11 Å². The van der Waals surface area contributed by atoms with Gasteiger partial charge >= 0.3 is 24.0 Å². The summed E-state index contributed by atoms with van der Waals surface area (Å²) in [5.41, 5.74) is 2.27. The first-order valence-corrected chi connectivity index (χ1v) is 13.6. The van der Waals surface area contributed by atoms with E-state index >= 15 is 0 Å². The largest absolute Gasteiger partial charge is 0.465 e. The Kier molecular flexibility index (Phi) is 8.38. The fraction of sp³-hybridized carbons (Fsp3) is 0.520. The number of methoxy groups -OCH3 is 1. The number of esters is 3. The number of para-hydroxylation sites is 1. The van der Waals surface area contributed by atoms with Crippen LogP contribution in [0, 0.1) is 22.1 Å². The molecule has 206 valence electrons. The molecule has 1 aromatic carbocycles. The van der Waals surface area contributed by atoms with Crippen molar-refractivity contribution in [2.45, 2.75) is 45.3 Å². The first-order chi connectivity index (χ1) is 18.1. The Morgan fingerprint density at radius 3 is 2.37 bits per heavy atom. The summed E-state index contributed by atoms with van der Waals surface area (Å²) in [6, 6.07) is 6.56. The molecule has 38 heavy (non-hydrogen) atoms. The molecule has 0 fully saturated rings. The van der Waals surface area contributed by atoms with Crippen LogP contribution < -0.4 is 14.0 Å². The number of ether oxygens (including phenoxy) is 3. The molecule has 12 nitrogen and oxygen atoms in total. The van der Waals surface area contributed by atoms with Crippen molar-refractivity contribution in [3.8, 4) is 0 Å². The molecule has 4 rings (SSSR count). The van der Waals surface area contributed by atoms with Gasteiger partial charge in [0.2, 0.25) is 5.71 Å². The minimum atomic E-state index is -4.92. The lowest BCUT2D eigenvalue weighted by atomic mass is 9.80. The predicted molar refractivity (Wildman–Crippen MR) is 121 cm³/mol. The number of halogens is 1. The standard InChI is InChI=1S/C25H29ClN2O10/c1-4-36-23(29)17(24(30)37-5-2)12-14-10-11-28-19(25(31)35-3)13-16-15-8-6-7-9-18(15)27-20(16)21(28)22(14)38-26(32,33)34/h6-9,14,17,19,22H,4-5,10-13H2,1-3H3/p+1. The van der Waals surface area contributed by atoms with Crippen LogP contribution >= 0.6 is 0 Å². The van der Waals surface area contributed by atoms with Crippen LogP contribution in [0.1, 0.15) is 37.9 Å². The number of aromatic amines is 1. The highest BCUT2D eigenvalue weighted by molar-refractivity contribution is 6.07. The number of nitrogens with one attached hydrogen (secondary N) is 1. The van der Waals surface area contributed by atoms with Gasteiger partial charge in [0.15, 0.2) is 5.92 Å². The molecule has 3 heterocycles. The molecule has 0 spiro atoms. The van der Waals surface area contributed by atoms with E-state index in [2.05, 4.69) is 4.98 Å². The molecule has 0 aliphatic carbocycles. The first kappa shape index (κ1) is 28.0. The fourth-order valence-electron chi connectivity index (χ4n) is 5.40. The maximum Gasteiger partial charge on any atom is 0.375 e. The third-order valence-electron chi connectivity index (χ3n) is 6.95. The number of carbonyl (C=O) groups excluding carboxylic acids is 3. The summed E-state index contributed by atoms with van der Waals surface area (Å²) in [5, 5.41) is 0.822. The van der Waals surface area contributed by atoms with Crippen molar-refractivity contribution in [2.24, 2.45) is 11.8 Å². The van der Waals surface area contributed by atoms with E-state index < -0.39 is 52.1 Å². The Labute approximate surface area is 220 Å². The lowest BCUT2D eigenvalue weighted by Crippen LogP contribution is -2.65. The van der Waals surface area contributed by atoms with Crippen molar-refractivity contribution in [2.75, 3.05) is 26.9 Å². The van der Waals surface area contributed by atoms with Crippen LogP contribution in [0.4, 0.5) is 0 Å². The lowest BCUT2D eigenvalue weighted by Gasteiger charge is -2.33. The molecule has 1 N–H and O–H groups in total. The fourth-order valence-corrected chi connectivity index (χ4v) is 5.87. The van der Waals surface area contributed by atoms with Crippen molar-refractivity contribution >= 4 is 34.5 Å². The van der Waals surface area contributed by atoms with E-state index in [1.807, 2.05) is 24.3 Å². The maximum absolute atomic E-state index is 12.8. The van der Waals surface area contributed by atoms with E-state index in [1.54, 1.807) is 18.4 Å². The first-order valence-electron chi connectivity index (χ1n) is 12.3. The van der Waals surface area contributed by atoms with E-state index in [4.69, 9.17) is 18.5 Å². The molecule has 1 aromatic heterocycles. The van der Waals surface area contributed by atoms with Crippen molar-refractivity contribution in [3.63, 3.8) is 0 Å². The summed E-state index contributed by atoms with van der Waals surface area (Å²) in [7, 11) is -3.66. The second-order valence-corrected chi connectivity index (χ2v) is 10.0. The van der Waals surface area contributed by atoms with Crippen LogP contribution in [-0.2, 0) is 39.3 Å². The third kappa shape index (κ3) is 5.54. The number of rotatable bonds is 9. The number of nitrogens with zero attached hydrogens (tertiary/aromatic N) is 1. The van der Waals surface area contributed by atoms with Crippen molar-refractivity contribution < 1.29 is 61.7 Å². The van der Waals surface area contributed by atoms with Crippen LogP contribution in [0.25, 0.3) is 10.9 Å². The topological polar surface area (TPSA) is 176 Å². The molecule has 2 aliphatic heterocycles. The Balaban J connectivity index is 1.84. The SMILES string of the molecule is CCOC(=O)C(CC1CC[N+]2=C(c3[nH]c4ccccc4c3CC2C(=O)OC)C1O[Cl+3]([O-])([O-])[O-])C(=O)OCC. The summed E-state index contributed by atoms with van der Waals surface area (Å²) >= 11 is 0. The Morgan fingerprint density at radius 2 is 1.76 bits per heavy atom. The minimum absolute atomic E-state index is 0.0251. The van der Waals surface area contributed by atoms with Gasteiger partial charge in [-0.05, 0) is 31.9 Å². The molecule has 0 radical (unpaired) electrons.